The van der Waals surface area contributed by atoms with Gasteiger partial charge >= 0.3 is 5.97 Å². The number of nitrogens with zero attached hydrogens (tertiary/aromatic N) is 1. The molecule has 0 saturated carbocycles. The average molecular weight is 195 g/mol. The maximum absolute atomic E-state index is 11.4. The molecule has 0 aromatic carbocycles. The first-order valence-corrected chi connectivity index (χ1v) is 4.40. The lowest BCUT2D eigenvalue weighted by molar-refractivity contribution is -0.137. The van der Waals surface area contributed by atoms with Crippen LogP contribution in [0.2, 0.25) is 0 Å². The Morgan fingerprint density at radius 1 is 1.43 bits per heavy atom. The molecule has 0 fully saturated rings. The Bertz CT molecular complexity index is 326. The van der Waals surface area contributed by atoms with E-state index in [9.17, 15) is 9.59 Å². The Morgan fingerprint density at radius 3 is 2.50 bits per heavy atom. The third-order valence-electron chi connectivity index (χ3n) is 1.74. The van der Waals surface area contributed by atoms with E-state index in [2.05, 4.69) is 0 Å². The van der Waals surface area contributed by atoms with Crippen molar-refractivity contribution in [3.05, 3.63) is 23.6 Å². The van der Waals surface area contributed by atoms with Crippen molar-refractivity contribution in [3.63, 3.8) is 0 Å². The fraction of sp³-hybridized carbons (Fsp3) is 0.400. The number of cyclic esters (lactones) is 1. The van der Waals surface area contributed by atoms with Crippen LogP contribution in [0.15, 0.2) is 23.6 Å². The van der Waals surface area contributed by atoms with E-state index in [4.69, 9.17) is 4.74 Å². The molecular weight excluding hydrogens is 182 g/mol. The number of hydrogen-bond donors (Lipinski definition) is 0. The van der Waals surface area contributed by atoms with Gasteiger partial charge in [0.1, 0.15) is 11.3 Å². The third-order valence-corrected chi connectivity index (χ3v) is 1.74. The number of ketones is 1. The lowest BCUT2D eigenvalue weighted by Gasteiger charge is -2.15. The smallest absolute Gasteiger partial charge is 0.348 e. The first kappa shape index (κ1) is 10.5. The van der Waals surface area contributed by atoms with Crippen molar-refractivity contribution in [1.82, 2.24) is 4.90 Å². The van der Waals surface area contributed by atoms with E-state index in [1.165, 1.54) is 12.3 Å². The van der Waals surface area contributed by atoms with Gasteiger partial charge in [-0.05, 0) is 0 Å². The van der Waals surface area contributed by atoms with Crippen LogP contribution in [0.5, 0.6) is 0 Å². The van der Waals surface area contributed by atoms with Crippen LogP contribution in [0.25, 0.3) is 0 Å². The van der Waals surface area contributed by atoms with E-state index in [1.807, 2.05) is 6.92 Å². The van der Waals surface area contributed by atoms with Gasteiger partial charge in [0.2, 0.25) is 0 Å². The Morgan fingerprint density at radius 2 is 2.07 bits per heavy atom. The van der Waals surface area contributed by atoms with Gasteiger partial charge in [-0.25, -0.2) is 4.79 Å². The summed E-state index contributed by atoms with van der Waals surface area (Å²) in [6.45, 7) is 1.83. The molecule has 14 heavy (non-hydrogen) atoms. The van der Waals surface area contributed by atoms with Crippen molar-refractivity contribution in [2.75, 3.05) is 14.1 Å². The second kappa shape index (κ2) is 4.09. The lowest BCUT2D eigenvalue weighted by atomic mass is 10.1. The van der Waals surface area contributed by atoms with Crippen molar-refractivity contribution in [2.45, 2.75) is 13.3 Å². The molecule has 0 spiro atoms. The highest BCUT2D eigenvalue weighted by Gasteiger charge is 2.25. The number of allylic oxidation sites excluding steroid dienone is 2. The Kier molecular flexibility index (Phi) is 3.06. The number of esters is 1. The van der Waals surface area contributed by atoms with Gasteiger partial charge in [-0.15, -0.1) is 0 Å². The fourth-order valence-electron chi connectivity index (χ4n) is 1.08. The predicted molar refractivity (Wildman–Crippen MR) is 51.2 cm³/mol. The maximum Gasteiger partial charge on any atom is 0.348 e. The van der Waals surface area contributed by atoms with Crippen molar-refractivity contribution in [2.24, 2.45) is 0 Å². The zero-order valence-corrected chi connectivity index (χ0v) is 8.53. The topological polar surface area (TPSA) is 46.6 Å². The molecule has 0 atom stereocenters. The first-order chi connectivity index (χ1) is 6.54. The van der Waals surface area contributed by atoms with E-state index in [-0.39, 0.29) is 11.4 Å². The minimum atomic E-state index is -0.567. The van der Waals surface area contributed by atoms with Gasteiger partial charge < -0.3 is 9.64 Å². The van der Waals surface area contributed by atoms with Gasteiger partial charge in [-0.2, -0.15) is 0 Å². The molecule has 4 heteroatoms. The van der Waals surface area contributed by atoms with Crippen LogP contribution in [-0.4, -0.2) is 30.7 Å². The molecule has 1 aliphatic heterocycles. The summed E-state index contributed by atoms with van der Waals surface area (Å²) in [6, 6.07) is 0. The highest BCUT2D eigenvalue weighted by atomic mass is 16.5. The summed E-state index contributed by atoms with van der Waals surface area (Å²) in [7, 11) is 3.49. The van der Waals surface area contributed by atoms with E-state index in [0.29, 0.717) is 12.2 Å². The Balaban J connectivity index is 2.98. The standard InChI is InChI=1S/C10H13NO3/c1-4-7-5-9(12)8(6-11(2)3)10(13)14-7/h5-6H,4H2,1-3H3/b8-6-. The molecule has 1 heterocycles. The molecule has 0 unspecified atom stereocenters. The van der Waals surface area contributed by atoms with E-state index in [1.54, 1.807) is 19.0 Å². The van der Waals surface area contributed by atoms with Crippen LogP contribution in [0.1, 0.15) is 13.3 Å². The highest BCUT2D eigenvalue weighted by molar-refractivity contribution is 6.23. The van der Waals surface area contributed by atoms with E-state index in [0.717, 1.165) is 0 Å². The second-order valence-corrected chi connectivity index (χ2v) is 3.22. The van der Waals surface area contributed by atoms with Gasteiger partial charge in [0.05, 0.1) is 0 Å². The summed E-state index contributed by atoms with van der Waals surface area (Å²) in [5.41, 5.74) is 0.0761. The van der Waals surface area contributed by atoms with Crippen molar-refractivity contribution >= 4 is 11.8 Å². The quantitative estimate of drug-likeness (QED) is 0.372. The number of carbonyl (C=O) groups excluding carboxylic acids is 2. The van der Waals surface area contributed by atoms with Gasteiger partial charge in [-0.3, -0.25) is 4.79 Å². The first-order valence-electron chi connectivity index (χ1n) is 4.40. The van der Waals surface area contributed by atoms with Crippen LogP contribution in [-0.2, 0) is 14.3 Å². The SMILES string of the molecule is CCC1=CC(=O)/C(=C/N(C)C)C(=O)O1. The third kappa shape index (κ3) is 2.22. The molecule has 76 valence electrons. The van der Waals surface area contributed by atoms with Crippen LogP contribution >= 0.6 is 0 Å². The van der Waals surface area contributed by atoms with Crippen molar-refractivity contribution < 1.29 is 14.3 Å². The van der Waals surface area contributed by atoms with Gasteiger partial charge in [0.25, 0.3) is 0 Å². The summed E-state index contributed by atoms with van der Waals surface area (Å²) in [5, 5.41) is 0. The molecule has 0 amide bonds. The van der Waals surface area contributed by atoms with E-state index < -0.39 is 5.97 Å². The molecule has 0 aromatic heterocycles. The summed E-state index contributed by atoms with van der Waals surface area (Å²) in [5.74, 6) is -0.425. The molecule has 0 radical (unpaired) electrons. The van der Waals surface area contributed by atoms with Crippen LogP contribution in [0, 0.1) is 0 Å². The van der Waals surface area contributed by atoms with Crippen molar-refractivity contribution in [3.8, 4) is 0 Å². The minimum Gasteiger partial charge on any atom is -0.427 e. The summed E-state index contributed by atoms with van der Waals surface area (Å²) in [4.78, 5) is 24.4. The second-order valence-electron chi connectivity index (χ2n) is 3.22. The number of carbonyl (C=O) groups is 2. The normalized spacial score (nSPS) is 19.4. The largest absolute Gasteiger partial charge is 0.427 e. The average Bonchev–Trinajstić information content (AvgIpc) is 2.10. The summed E-state index contributed by atoms with van der Waals surface area (Å²) in [6.07, 6.45) is 3.37. The van der Waals surface area contributed by atoms with E-state index >= 15 is 0 Å². The number of hydrogen-bond acceptors (Lipinski definition) is 4. The predicted octanol–water partition coefficient (Wildman–Crippen LogP) is 0.852. The summed E-state index contributed by atoms with van der Waals surface area (Å²) >= 11 is 0. The lowest BCUT2D eigenvalue weighted by Crippen LogP contribution is -2.22. The Labute approximate surface area is 82.8 Å². The fourth-order valence-corrected chi connectivity index (χ4v) is 1.08. The van der Waals surface area contributed by atoms with Gasteiger partial charge in [0.15, 0.2) is 5.78 Å². The molecule has 1 rings (SSSR count). The number of rotatable bonds is 2. The monoisotopic (exact) mass is 195 g/mol. The molecule has 0 aliphatic carbocycles. The van der Waals surface area contributed by atoms with Gasteiger partial charge in [0, 0.05) is 32.8 Å². The van der Waals surface area contributed by atoms with Gasteiger partial charge in [-0.1, -0.05) is 6.92 Å². The molecule has 4 nitrogen and oxygen atoms in total. The van der Waals surface area contributed by atoms with Crippen LogP contribution in [0.3, 0.4) is 0 Å². The number of ether oxygens (including phenoxy) is 1. The van der Waals surface area contributed by atoms with Crippen LogP contribution < -0.4 is 0 Å². The molecule has 0 aromatic rings. The Hall–Kier alpha value is -1.58. The molecule has 0 bridgehead atoms. The minimum absolute atomic E-state index is 0.0761. The zero-order chi connectivity index (χ0) is 10.7. The maximum atomic E-state index is 11.4. The highest BCUT2D eigenvalue weighted by Crippen LogP contribution is 2.16. The molecule has 1 aliphatic rings. The van der Waals surface area contributed by atoms with Crippen LogP contribution in [0.4, 0.5) is 0 Å². The zero-order valence-electron chi connectivity index (χ0n) is 8.53. The molecular formula is C10H13NO3. The van der Waals surface area contributed by atoms with Crippen molar-refractivity contribution in [1.29, 1.82) is 0 Å². The summed E-state index contributed by atoms with van der Waals surface area (Å²) < 4.78 is 4.93. The molecule has 0 saturated heterocycles. The molecule has 0 N–H and O–H groups in total.